The van der Waals surface area contributed by atoms with Crippen LogP contribution in [0.25, 0.3) is 10.8 Å². The van der Waals surface area contributed by atoms with Crippen LogP contribution in [0, 0.1) is 23.7 Å². The molecule has 2 aromatic carbocycles. The summed E-state index contributed by atoms with van der Waals surface area (Å²) in [5, 5.41) is 23.4. The summed E-state index contributed by atoms with van der Waals surface area (Å²) in [4.78, 5) is 66.7. The third-order valence-electron chi connectivity index (χ3n) is 9.84. The Labute approximate surface area is 327 Å². The Balaban J connectivity index is 1.74. The van der Waals surface area contributed by atoms with Gasteiger partial charge in [0.25, 0.3) is 0 Å². The van der Waals surface area contributed by atoms with Crippen molar-refractivity contribution in [2.45, 2.75) is 118 Å². The molecule has 0 radical (unpaired) electrons. The second-order valence-electron chi connectivity index (χ2n) is 15.5. The zero-order valence-corrected chi connectivity index (χ0v) is 33.7. The second kappa shape index (κ2) is 22.4. The summed E-state index contributed by atoms with van der Waals surface area (Å²) in [6, 6.07) is 11.8. The quantitative estimate of drug-likeness (QED) is 0.0808. The van der Waals surface area contributed by atoms with Crippen LogP contribution in [0.15, 0.2) is 89.7 Å². The fourth-order valence-electron chi connectivity index (χ4n) is 6.69. The average Bonchev–Trinajstić information content (AvgIpc) is 3.30. The maximum absolute atomic E-state index is 13.9. The molecule has 10 nitrogen and oxygen atoms in total. The topological polar surface area (TPSA) is 154 Å². The lowest BCUT2D eigenvalue weighted by atomic mass is 9.87. The SMILES string of the molecule is CC/C=C\CC1=CCC(NC(=O)C(CC(C)C)NC(=O)C(CCC(=O)O)CC(CC)C(=O)N[C@@H](CC(C)C)C(=O)Nc2ccc3ccccc3c2)=CC=C1C. The van der Waals surface area contributed by atoms with Crippen LogP contribution in [0.1, 0.15) is 106 Å². The molecule has 1 aliphatic rings. The Hall–Kier alpha value is -4.99. The first-order chi connectivity index (χ1) is 26.2. The predicted octanol–water partition coefficient (Wildman–Crippen LogP) is 8.37. The molecule has 0 spiro atoms. The number of carbonyl (C=O) groups excluding carboxylic acids is 4. The van der Waals surface area contributed by atoms with Crippen molar-refractivity contribution in [3.8, 4) is 0 Å². The summed E-state index contributed by atoms with van der Waals surface area (Å²) in [5.74, 6) is -3.97. The summed E-state index contributed by atoms with van der Waals surface area (Å²) in [7, 11) is 0. The van der Waals surface area contributed by atoms with Gasteiger partial charge in [-0.3, -0.25) is 24.0 Å². The summed E-state index contributed by atoms with van der Waals surface area (Å²) >= 11 is 0. The fraction of sp³-hybridized carbons (Fsp3) is 0.489. The number of nitrogens with one attached hydrogen (secondary N) is 4. The Morgan fingerprint density at radius 1 is 0.745 bits per heavy atom. The predicted molar refractivity (Wildman–Crippen MR) is 221 cm³/mol. The van der Waals surface area contributed by atoms with Gasteiger partial charge >= 0.3 is 5.97 Å². The standard InChI is InChI=1S/C45H62N4O6/c1-8-10-11-14-33-18-22-37(21-17-31(33)7)46-44(54)39(25-29(3)4)49-43(53)36(20-24-41(50)51)27-32(9-2)42(52)48-40(26-30(5)6)45(55)47-38-23-19-34-15-12-13-16-35(34)28-38/h10-13,15-19,21,23,28-30,32,36,39-40H,8-9,14,20,22,24-27H2,1-7H3,(H,46,54)(H,47,55)(H,48,52)(H,49,53)(H,50,51)/b11-10-/t32?,36?,39?,40-/m0/s1. The van der Waals surface area contributed by atoms with E-state index < -0.39 is 35.8 Å². The summed E-state index contributed by atoms with van der Waals surface area (Å²) in [5.41, 5.74) is 3.64. The van der Waals surface area contributed by atoms with Gasteiger partial charge in [0.05, 0.1) is 0 Å². The van der Waals surface area contributed by atoms with Gasteiger partial charge in [0.1, 0.15) is 12.1 Å². The van der Waals surface area contributed by atoms with Gasteiger partial charge in [-0.2, -0.15) is 0 Å². The number of hydrogen-bond acceptors (Lipinski definition) is 5. The van der Waals surface area contributed by atoms with Gasteiger partial charge in [-0.05, 0) is 104 Å². The number of amides is 4. The highest BCUT2D eigenvalue weighted by atomic mass is 16.4. The third-order valence-corrected chi connectivity index (χ3v) is 9.84. The summed E-state index contributed by atoms with van der Waals surface area (Å²) in [6.07, 6.45) is 13.5. The molecule has 0 saturated heterocycles. The first-order valence-electron chi connectivity index (χ1n) is 19.8. The largest absolute Gasteiger partial charge is 0.481 e. The van der Waals surface area contributed by atoms with Crippen LogP contribution in [0.5, 0.6) is 0 Å². The second-order valence-corrected chi connectivity index (χ2v) is 15.5. The normalized spacial score (nSPS) is 15.3. The van der Waals surface area contributed by atoms with Gasteiger partial charge in [0.15, 0.2) is 0 Å². The van der Waals surface area contributed by atoms with E-state index in [0.717, 1.165) is 29.2 Å². The molecular formula is C45H62N4O6. The van der Waals surface area contributed by atoms with E-state index >= 15 is 0 Å². The first kappa shape index (κ1) is 44.4. The number of carboxylic acid groups (broad SMARTS) is 1. The molecule has 4 atom stereocenters. The van der Waals surface area contributed by atoms with Crippen molar-refractivity contribution in [2.24, 2.45) is 23.7 Å². The number of benzene rings is 2. The number of anilines is 1. The van der Waals surface area contributed by atoms with Gasteiger partial charge in [0.2, 0.25) is 23.6 Å². The number of fused-ring (bicyclic) bond motifs is 1. The molecule has 0 aliphatic heterocycles. The zero-order valence-electron chi connectivity index (χ0n) is 33.7. The molecule has 10 heteroatoms. The number of rotatable bonds is 21. The van der Waals surface area contributed by atoms with Gasteiger partial charge in [-0.1, -0.05) is 96.2 Å². The smallest absolute Gasteiger partial charge is 0.303 e. The Bertz CT molecular complexity index is 1770. The van der Waals surface area contributed by atoms with Crippen molar-refractivity contribution in [1.29, 1.82) is 0 Å². The minimum absolute atomic E-state index is 0.00584. The van der Waals surface area contributed by atoms with E-state index in [1.54, 1.807) is 0 Å². The van der Waals surface area contributed by atoms with E-state index in [0.29, 0.717) is 37.1 Å². The van der Waals surface area contributed by atoms with Gasteiger partial charge < -0.3 is 26.4 Å². The van der Waals surface area contributed by atoms with Crippen molar-refractivity contribution in [3.63, 3.8) is 0 Å². The molecule has 0 fully saturated rings. The molecule has 5 N–H and O–H groups in total. The van der Waals surface area contributed by atoms with Crippen LogP contribution >= 0.6 is 0 Å². The highest BCUT2D eigenvalue weighted by molar-refractivity contribution is 5.99. The van der Waals surface area contributed by atoms with Crippen molar-refractivity contribution in [2.75, 3.05) is 5.32 Å². The van der Waals surface area contributed by atoms with Gasteiger partial charge in [-0.15, -0.1) is 0 Å². The average molecular weight is 755 g/mol. The molecule has 1 aliphatic carbocycles. The maximum Gasteiger partial charge on any atom is 0.303 e. The summed E-state index contributed by atoms with van der Waals surface area (Å²) in [6.45, 7) is 13.8. The molecule has 3 rings (SSSR count). The van der Waals surface area contributed by atoms with Crippen molar-refractivity contribution >= 4 is 46.1 Å². The van der Waals surface area contributed by atoms with E-state index in [9.17, 15) is 29.1 Å². The molecule has 4 amide bonds. The zero-order chi connectivity index (χ0) is 40.5. The number of allylic oxidation sites excluding steroid dienone is 7. The molecule has 3 unspecified atom stereocenters. The van der Waals surface area contributed by atoms with Crippen molar-refractivity contribution in [3.05, 3.63) is 89.7 Å². The number of hydrogen-bond donors (Lipinski definition) is 5. The van der Waals surface area contributed by atoms with E-state index in [-0.39, 0.29) is 48.8 Å². The van der Waals surface area contributed by atoms with E-state index in [1.165, 1.54) is 5.57 Å². The fourth-order valence-corrected chi connectivity index (χ4v) is 6.69. The van der Waals surface area contributed by atoms with Gasteiger partial charge in [0, 0.05) is 36.1 Å². The highest BCUT2D eigenvalue weighted by Crippen LogP contribution is 2.25. The van der Waals surface area contributed by atoms with E-state index in [4.69, 9.17) is 0 Å². The highest BCUT2D eigenvalue weighted by Gasteiger charge is 2.32. The van der Waals surface area contributed by atoms with Crippen LogP contribution in [-0.4, -0.2) is 46.8 Å². The van der Waals surface area contributed by atoms with E-state index in [2.05, 4.69) is 46.4 Å². The van der Waals surface area contributed by atoms with E-state index in [1.807, 2.05) is 96.2 Å². The lowest BCUT2D eigenvalue weighted by Crippen LogP contribution is -2.50. The number of aliphatic carboxylic acids is 1. The van der Waals surface area contributed by atoms with Crippen molar-refractivity contribution < 1.29 is 29.1 Å². The van der Waals surface area contributed by atoms with Crippen LogP contribution in [-0.2, 0) is 24.0 Å². The molecule has 0 heterocycles. The minimum Gasteiger partial charge on any atom is -0.481 e. The number of carboxylic acids is 1. The minimum atomic E-state index is -1.06. The molecule has 0 bridgehead atoms. The van der Waals surface area contributed by atoms with Crippen LogP contribution in [0.3, 0.4) is 0 Å². The van der Waals surface area contributed by atoms with Crippen LogP contribution < -0.4 is 21.3 Å². The molecule has 55 heavy (non-hydrogen) atoms. The Kier molecular flexibility index (Phi) is 18.1. The Morgan fingerprint density at radius 2 is 1.36 bits per heavy atom. The molecule has 0 aromatic heterocycles. The maximum atomic E-state index is 13.9. The van der Waals surface area contributed by atoms with Gasteiger partial charge in [-0.25, -0.2) is 0 Å². The van der Waals surface area contributed by atoms with Crippen molar-refractivity contribution in [1.82, 2.24) is 16.0 Å². The lowest BCUT2D eigenvalue weighted by molar-refractivity contribution is -0.138. The van der Waals surface area contributed by atoms with Crippen LogP contribution in [0.2, 0.25) is 0 Å². The third kappa shape index (κ3) is 15.0. The molecule has 2 aromatic rings. The number of carbonyl (C=O) groups is 5. The molecule has 0 saturated carbocycles. The lowest BCUT2D eigenvalue weighted by Gasteiger charge is -2.27. The first-order valence-corrected chi connectivity index (χ1v) is 19.8. The Morgan fingerprint density at radius 3 is 1.96 bits per heavy atom. The molecular weight excluding hydrogens is 693 g/mol. The summed E-state index contributed by atoms with van der Waals surface area (Å²) < 4.78 is 0. The molecule has 298 valence electrons. The van der Waals surface area contributed by atoms with Crippen LogP contribution in [0.4, 0.5) is 5.69 Å². The monoisotopic (exact) mass is 754 g/mol.